The van der Waals surface area contributed by atoms with Gasteiger partial charge in [-0.05, 0) is 25.0 Å². The molecule has 0 heterocycles. The summed E-state index contributed by atoms with van der Waals surface area (Å²) >= 11 is 0. The van der Waals surface area contributed by atoms with Crippen LogP contribution in [0.15, 0.2) is 18.2 Å². The van der Waals surface area contributed by atoms with E-state index in [1.54, 1.807) is 0 Å². The molecule has 0 atom stereocenters. The summed E-state index contributed by atoms with van der Waals surface area (Å²) < 4.78 is 50.9. The molecule has 8 heteroatoms. The predicted octanol–water partition coefficient (Wildman–Crippen LogP) is 1.26. The molecule has 0 saturated heterocycles. The van der Waals surface area contributed by atoms with E-state index in [1.807, 2.05) is 0 Å². The Morgan fingerprint density at radius 2 is 2.05 bits per heavy atom. The van der Waals surface area contributed by atoms with Crippen LogP contribution < -0.4 is 9.62 Å². The molecule has 1 aliphatic rings. The van der Waals surface area contributed by atoms with Gasteiger partial charge in [-0.1, -0.05) is 0 Å². The minimum absolute atomic E-state index is 0.0132. The zero-order valence-electron chi connectivity index (χ0n) is 11.5. The highest BCUT2D eigenvalue weighted by Gasteiger charge is 2.29. The molecule has 1 fully saturated rings. The van der Waals surface area contributed by atoms with E-state index in [-0.39, 0.29) is 30.6 Å². The second-order valence-electron chi connectivity index (χ2n) is 5.00. The molecule has 0 unspecified atom stereocenters. The summed E-state index contributed by atoms with van der Waals surface area (Å²) in [6.45, 7) is -0.0426. The molecule has 5 nitrogen and oxygen atoms in total. The van der Waals surface area contributed by atoms with Crippen molar-refractivity contribution in [3.05, 3.63) is 29.8 Å². The molecule has 1 aromatic rings. The standard InChI is InChI=1S/C13H16F2N2O3S/c1-21(19,20)17(7-6-16-13(18)9-2-3-9)12-5-4-10(14)8-11(12)15/h4-5,8-9H,2-3,6-7H2,1H3,(H,16,18). The maximum absolute atomic E-state index is 13.7. The molecular formula is C13H16F2N2O3S. The van der Waals surface area contributed by atoms with Crippen LogP contribution in [0.5, 0.6) is 0 Å². The first-order chi connectivity index (χ1) is 9.79. The molecule has 0 radical (unpaired) electrons. The highest BCUT2D eigenvalue weighted by molar-refractivity contribution is 7.92. The summed E-state index contributed by atoms with van der Waals surface area (Å²) in [5, 5.41) is 2.61. The van der Waals surface area contributed by atoms with Crippen molar-refractivity contribution in [2.45, 2.75) is 12.8 Å². The van der Waals surface area contributed by atoms with Crippen LogP contribution in [0.4, 0.5) is 14.5 Å². The topological polar surface area (TPSA) is 66.5 Å². The smallest absolute Gasteiger partial charge is 0.232 e. The molecule has 1 aliphatic carbocycles. The number of hydrogen-bond acceptors (Lipinski definition) is 3. The van der Waals surface area contributed by atoms with Gasteiger partial charge in [0, 0.05) is 18.5 Å². The molecule has 1 saturated carbocycles. The first-order valence-corrected chi connectivity index (χ1v) is 8.34. The molecule has 0 aromatic heterocycles. The predicted molar refractivity (Wildman–Crippen MR) is 74.3 cm³/mol. The normalized spacial score (nSPS) is 14.8. The van der Waals surface area contributed by atoms with Gasteiger partial charge < -0.3 is 5.32 Å². The number of nitrogens with zero attached hydrogens (tertiary/aromatic N) is 1. The number of carbonyl (C=O) groups excluding carboxylic acids is 1. The fourth-order valence-corrected chi connectivity index (χ4v) is 2.85. The third-order valence-corrected chi connectivity index (χ3v) is 4.32. The van der Waals surface area contributed by atoms with E-state index in [2.05, 4.69) is 5.32 Å². The number of carbonyl (C=O) groups is 1. The lowest BCUT2D eigenvalue weighted by Crippen LogP contribution is -2.39. The highest BCUT2D eigenvalue weighted by Crippen LogP contribution is 2.28. The molecule has 1 amide bonds. The van der Waals surface area contributed by atoms with Crippen molar-refractivity contribution < 1.29 is 22.0 Å². The van der Waals surface area contributed by atoms with Crippen molar-refractivity contribution in [2.24, 2.45) is 5.92 Å². The molecule has 1 N–H and O–H groups in total. The van der Waals surface area contributed by atoms with E-state index >= 15 is 0 Å². The van der Waals surface area contributed by atoms with Crippen LogP contribution in [0.25, 0.3) is 0 Å². The fraction of sp³-hybridized carbons (Fsp3) is 0.462. The lowest BCUT2D eigenvalue weighted by atomic mass is 10.3. The molecule has 2 rings (SSSR count). The van der Waals surface area contributed by atoms with Gasteiger partial charge in [0.2, 0.25) is 15.9 Å². The first-order valence-electron chi connectivity index (χ1n) is 6.49. The summed E-state index contributed by atoms with van der Waals surface area (Å²) in [6, 6.07) is 2.67. The first kappa shape index (κ1) is 15.7. The summed E-state index contributed by atoms with van der Waals surface area (Å²) in [5.74, 6) is -1.86. The maximum atomic E-state index is 13.7. The summed E-state index contributed by atoms with van der Waals surface area (Å²) in [5.41, 5.74) is -0.237. The number of rotatable bonds is 6. The number of sulfonamides is 1. The van der Waals surface area contributed by atoms with Gasteiger partial charge in [0.15, 0.2) is 0 Å². The Bertz CT molecular complexity index is 645. The molecule has 21 heavy (non-hydrogen) atoms. The van der Waals surface area contributed by atoms with Gasteiger partial charge in [0.25, 0.3) is 0 Å². The van der Waals surface area contributed by atoms with Crippen LogP contribution in [0, 0.1) is 17.6 Å². The minimum atomic E-state index is -3.74. The SMILES string of the molecule is CS(=O)(=O)N(CCNC(=O)C1CC1)c1ccc(F)cc1F. The van der Waals surface area contributed by atoms with Gasteiger partial charge in [-0.25, -0.2) is 17.2 Å². The van der Waals surface area contributed by atoms with Gasteiger partial charge in [-0.2, -0.15) is 0 Å². The van der Waals surface area contributed by atoms with Crippen molar-refractivity contribution in [1.82, 2.24) is 5.32 Å². The molecule has 116 valence electrons. The van der Waals surface area contributed by atoms with Gasteiger partial charge >= 0.3 is 0 Å². The second kappa shape index (κ2) is 5.97. The Kier molecular flexibility index (Phi) is 4.46. The number of amides is 1. The average Bonchev–Trinajstić information content (AvgIpc) is 3.18. The average molecular weight is 318 g/mol. The van der Waals surface area contributed by atoms with Crippen LogP contribution in [0.3, 0.4) is 0 Å². The number of benzene rings is 1. The number of nitrogens with one attached hydrogen (secondary N) is 1. The molecule has 0 bridgehead atoms. The molecule has 0 aliphatic heterocycles. The van der Waals surface area contributed by atoms with Gasteiger partial charge in [-0.3, -0.25) is 9.10 Å². The third-order valence-electron chi connectivity index (χ3n) is 3.14. The van der Waals surface area contributed by atoms with E-state index in [9.17, 15) is 22.0 Å². The van der Waals surface area contributed by atoms with Crippen molar-refractivity contribution in [3.8, 4) is 0 Å². The number of anilines is 1. The molecule has 1 aromatic carbocycles. The minimum Gasteiger partial charge on any atom is -0.354 e. The zero-order chi connectivity index (χ0) is 15.6. The van der Waals surface area contributed by atoms with Crippen LogP contribution in [-0.4, -0.2) is 33.7 Å². The molecule has 0 spiro atoms. The lowest BCUT2D eigenvalue weighted by Gasteiger charge is -2.23. The second-order valence-corrected chi connectivity index (χ2v) is 6.90. The Labute approximate surface area is 122 Å². The van der Waals surface area contributed by atoms with E-state index < -0.39 is 21.7 Å². The molecular weight excluding hydrogens is 302 g/mol. The fourth-order valence-electron chi connectivity index (χ4n) is 1.92. The van der Waals surface area contributed by atoms with E-state index in [4.69, 9.17) is 0 Å². The Morgan fingerprint density at radius 3 is 2.57 bits per heavy atom. The number of hydrogen-bond donors (Lipinski definition) is 1. The van der Waals surface area contributed by atoms with Crippen molar-refractivity contribution in [1.29, 1.82) is 0 Å². The monoisotopic (exact) mass is 318 g/mol. The van der Waals surface area contributed by atoms with Gasteiger partial charge in [0.05, 0.1) is 18.5 Å². The van der Waals surface area contributed by atoms with Gasteiger partial charge in [-0.15, -0.1) is 0 Å². The zero-order valence-corrected chi connectivity index (χ0v) is 12.3. The highest BCUT2D eigenvalue weighted by atomic mass is 32.2. The van der Waals surface area contributed by atoms with Crippen molar-refractivity contribution >= 4 is 21.6 Å². The largest absolute Gasteiger partial charge is 0.354 e. The van der Waals surface area contributed by atoms with E-state index in [0.717, 1.165) is 35.5 Å². The summed E-state index contributed by atoms with van der Waals surface area (Å²) in [7, 11) is -3.74. The van der Waals surface area contributed by atoms with Crippen LogP contribution in [0.1, 0.15) is 12.8 Å². The quantitative estimate of drug-likeness (QED) is 0.858. The van der Waals surface area contributed by atoms with Crippen LogP contribution in [0.2, 0.25) is 0 Å². The summed E-state index contributed by atoms with van der Waals surface area (Å²) in [4.78, 5) is 11.5. The third kappa shape index (κ3) is 4.13. The van der Waals surface area contributed by atoms with E-state index in [0.29, 0.717) is 6.07 Å². The van der Waals surface area contributed by atoms with Crippen LogP contribution in [-0.2, 0) is 14.8 Å². The maximum Gasteiger partial charge on any atom is 0.232 e. The Hall–Kier alpha value is -1.70. The Balaban J connectivity index is 2.09. The summed E-state index contributed by atoms with van der Waals surface area (Å²) in [6.07, 6.45) is 2.61. The number of halogens is 2. The lowest BCUT2D eigenvalue weighted by molar-refractivity contribution is -0.122. The van der Waals surface area contributed by atoms with Gasteiger partial charge in [0.1, 0.15) is 11.6 Å². The van der Waals surface area contributed by atoms with E-state index in [1.165, 1.54) is 0 Å². The van der Waals surface area contributed by atoms with Crippen molar-refractivity contribution in [3.63, 3.8) is 0 Å². The van der Waals surface area contributed by atoms with Crippen LogP contribution >= 0.6 is 0 Å². The Morgan fingerprint density at radius 1 is 1.38 bits per heavy atom. The van der Waals surface area contributed by atoms with Crippen molar-refractivity contribution in [2.75, 3.05) is 23.7 Å².